The molecule has 0 spiro atoms. The Bertz CT molecular complexity index is 259. The van der Waals surface area contributed by atoms with Crippen LogP contribution in [0.1, 0.15) is 39.0 Å². The molecule has 0 atom stereocenters. The standard InChI is InChI=1S/C15H23O2/c1-2-12-16-13-8-3-4-9-14-17-15-10-6-5-7-11-15/h5-7,10H,2-4,8-9,12-14H2,1H3. The first-order valence-electron chi connectivity index (χ1n) is 6.60. The molecule has 0 aliphatic carbocycles. The quantitative estimate of drug-likeness (QED) is 0.573. The molecule has 17 heavy (non-hydrogen) atoms. The fraction of sp³-hybridized carbons (Fsp3) is 0.600. The third-order valence-corrected chi connectivity index (χ3v) is 2.47. The number of para-hydroxylation sites is 1. The number of hydrogen-bond donors (Lipinski definition) is 0. The minimum absolute atomic E-state index is 0.788. The summed E-state index contributed by atoms with van der Waals surface area (Å²) in [5.41, 5.74) is 0. The maximum Gasteiger partial charge on any atom is 0.127 e. The largest absolute Gasteiger partial charge is 0.493 e. The van der Waals surface area contributed by atoms with Crippen LogP contribution in [0, 0.1) is 6.07 Å². The first-order valence-corrected chi connectivity index (χ1v) is 6.60. The molecule has 0 saturated carbocycles. The summed E-state index contributed by atoms with van der Waals surface area (Å²) in [6, 6.07) is 10.8. The highest BCUT2D eigenvalue weighted by molar-refractivity contribution is 5.19. The summed E-state index contributed by atoms with van der Waals surface area (Å²) in [6.07, 6.45) is 5.82. The lowest BCUT2D eigenvalue weighted by atomic mass is 10.2. The fourth-order valence-corrected chi connectivity index (χ4v) is 1.55. The molecule has 0 N–H and O–H groups in total. The van der Waals surface area contributed by atoms with Gasteiger partial charge in [-0.1, -0.05) is 31.5 Å². The zero-order valence-corrected chi connectivity index (χ0v) is 10.8. The molecule has 0 heterocycles. The molecule has 0 fully saturated rings. The molecule has 1 rings (SSSR count). The van der Waals surface area contributed by atoms with Gasteiger partial charge in [-0.05, 0) is 31.7 Å². The summed E-state index contributed by atoms with van der Waals surface area (Å²) in [4.78, 5) is 0. The van der Waals surface area contributed by atoms with E-state index in [9.17, 15) is 0 Å². The number of hydrogen-bond acceptors (Lipinski definition) is 2. The van der Waals surface area contributed by atoms with Crippen LogP contribution in [0.3, 0.4) is 0 Å². The second-order valence-corrected chi connectivity index (χ2v) is 4.10. The van der Waals surface area contributed by atoms with E-state index < -0.39 is 0 Å². The SMILES string of the molecule is CCCOCCCCCCOc1[c]cccc1. The summed E-state index contributed by atoms with van der Waals surface area (Å²) in [6.45, 7) is 4.72. The van der Waals surface area contributed by atoms with Crippen LogP contribution in [0.2, 0.25) is 0 Å². The predicted molar refractivity (Wildman–Crippen MR) is 70.4 cm³/mol. The van der Waals surface area contributed by atoms with Crippen molar-refractivity contribution in [2.75, 3.05) is 19.8 Å². The third kappa shape index (κ3) is 7.81. The van der Waals surface area contributed by atoms with Gasteiger partial charge in [0.05, 0.1) is 6.61 Å². The van der Waals surface area contributed by atoms with Crippen LogP contribution in [0.15, 0.2) is 24.3 Å². The van der Waals surface area contributed by atoms with Crippen molar-refractivity contribution in [3.63, 3.8) is 0 Å². The Hall–Kier alpha value is -1.02. The second kappa shape index (κ2) is 10.2. The molecular formula is C15H23O2. The van der Waals surface area contributed by atoms with Crippen LogP contribution in [0.25, 0.3) is 0 Å². The Labute approximate surface area is 105 Å². The zero-order chi connectivity index (χ0) is 12.2. The summed E-state index contributed by atoms with van der Waals surface area (Å²) in [5.74, 6) is 0.846. The molecule has 0 aliphatic rings. The molecule has 95 valence electrons. The molecule has 2 heteroatoms. The molecule has 1 radical (unpaired) electrons. The molecule has 0 bridgehead atoms. The van der Waals surface area contributed by atoms with E-state index in [0.717, 1.165) is 44.8 Å². The van der Waals surface area contributed by atoms with Gasteiger partial charge < -0.3 is 9.47 Å². The summed E-state index contributed by atoms with van der Waals surface area (Å²) < 4.78 is 11.0. The van der Waals surface area contributed by atoms with E-state index in [0.29, 0.717) is 0 Å². The molecule has 0 amide bonds. The van der Waals surface area contributed by atoms with Crippen molar-refractivity contribution in [1.29, 1.82) is 0 Å². The first kappa shape index (κ1) is 14.0. The summed E-state index contributed by atoms with van der Waals surface area (Å²) in [5, 5.41) is 0. The Morgan fingerprint density at radius 2 is 1.82 bits per heavy atom. The Balaban J connectivity index is 1.85. The Kier molecular flexibility index (Phi) is 8.39. The minimum atomic E-state index is 0.788. The van der Waals surface area contributed by atoms with Gasteiger partial charge in [-0.2, -0.15) is 0 Å². The van der Waals surface area contributed by atoms with Gasteiger partial charge in [0.2, 0.25) is 0 Å². The Morgan fingerprint density at radius 3 is 2.53 bits per heavy atom. The molecule has 0 aliphatic heterocycles. The monoisotopic (exact) mass is 235 g/mol. The number of unbranched alkanes of at least 4 members (excludes halogenated alkanes) is 3. The lowest BCUT2D eigenvalue weighted by molar-refractivity contribution is 0.130. The lowest BCUT2D eigenvalue weighted by Gasteiger charge is -2.05. The molecule has 2 nitrogen and oxygen atoms in total. The van der Waals surface area contributed by atoms with Gasteiger partial charge in [0.1, 0.15) is 5.75 Å². The first-order chi connectivity index (χ1) is 8.43. The van der Waals surface area contributed by atoms with Crippen molar-refractivity contribution < 1.29 is 9.47 Å². The van der Waals surface area contributed by atoms with Crippen molar-refractivity contribution in [1.82, 2.24) is 0 Å². The molecular weight excluding hydrogens is 212 g/mol. The van der Waals surface area contributed by atoms with Crippen molar-refractivity contribution in [2.45, 2.75) is 39.0 Å². The van der Waals surface area contributed by atoms with Crippen LogP contribution in [0.4, 0.5) is 0 Å². The van der Waals surface area contributed by atoms with Gasteiger partial charge in [0.15, 0.2) is 0 Å². The molecule has 1 aromatic rings. The third-order valence-electron chi connectivity index (χ3n) is 2.47. The van der Waals surface area contributed by atoms with E-state index in [2.05, 4.69) is 13.0 Å². The Morgan fingerprint density at radius 1 is 1.00 bits per heavy atom. The normalized spacial score (nSPS) is 10.4. The summed E-state index contributed by atoms with van der Waals surface area (Å²) in [7, 11) is 0. The van der Waals surface area contributed by atoms with E-state index in [-0.39, 0.29) is 0 Å². The van der Waals surface area contributed by atoms with E-state index in [1.54, 1.807) is 0 Å². The molecule has 0 saturated heterocycles. The highest BCUT2D eigenvalue weighted by Crippen LogP contribution is 2.08. The van der Waals surface area contributed by atoms with Crippen LogP contribution in [0.5, 0.6) is 5.75 Å². The van der Waals surface area contributed by atoms with Gasteiger partial charge >= 0.3 is 0 Å². The van der Waals surface area contributed by atoms with E-state index >= 15 is 0 Å². The highest BCUT2D eigenvalue weighted by Gasteiger charge is 1.93. The molecule has 0 aromatic heterocycles. The number of benzene rings is 1. The van der Waals surface area contributed by atoms with Gasteiger partial charge in [-0.3, -0.25) is 0 Å². The zero-order valence-electron chi connectivity index (χ0n) is 10.8. The van der Waals surface area contributed by atoms with Gasteiger partial charge in [-0.25, -0.2) is 0 Å². The lowest BCUT2D eigenvalue weighted by Crippen LogP contribution is -1.98. The van der Waals surface area contributed by atoms with Crippen molar-refractivity contribution in [3.8, 4) is 5.75 Å². The average Bonchev–Trinajstić information content (AvgIpc) is 2.38. The van der Waals surface area contributed by atoms with E-state index in [1.165, 1.54) is 12.8 Å². The van der Waals surface area contributed by atoms with Gasteiger partial charge in [0, 0.05) is 19.3 Å². The van der Waals surface area contributed by atoms with E-state index in [4.69, 9.17) is 9.47 Å². The van der Waals surface area contributed by atoms with Crippen LogP contribution < -0.4 is 4.74 Å². The average molecular weight is 235 g/mol. The second-order valence-electron chi connectivity index (χ2n) is 4.10. The maximum atomic E-state index is 5.56. The number of rotatable bonds is 10. The minimum Gasteiger partial charge on any atom is -0.493 e. The summed E-state index contributed by atoms with van der Waals surface area (Å²) >= 11 is 0. The predicted octanol–water partition coefficient (Wildman–Crippen LogP) is 3.85. The van der Waals surface area contributed by atoms with E-state index in [1.807, 2.05) is 24.3 Å². The van der Waals surface area contributed by atoms with Gasteiger partial charge in [-0.15, -0.1) is 0 Å². The highest BCUT2D eigenvalue weighted by atomic mass is 16.5. The smallest absolute Gasteiger partial charge is 0.127 e. The molecule has 0 unspecified atom stereocenters. The maximum absolute atomic E-state index is 5.56. The van der Waals surface area contributed by atoms with Crippen LogP contribution in [-0.2, 0) is 4.74 Å². The van der Waals surface area contributed by atoms with Crippen LogP contribution in [-0.4, -0.2) is 19.8 Å². The topological polar surface area (TPSA) is 18.5 Å². The number of ether oxygens (including phenoxy) is 2. The van der Waals surface area contributed by atoms with Gasteiger partial charge in [0.25, 0.3) is 0 Å². The van der Waals surface area contributed by atoms with Crippen molar-refractivity contribution in [3.05, 3.63) is 30.3 Å². The van der Waals surface area contributed by atoms with Crippen LogP contribution >= 0.6 is 0 Å². The van der Waals surface area contributed by atoms with Crippen molar-refractivity contribution in [2.24, 2.45) is 0 Å². The van der Waals surface area contributed by atoms with Crippen molar-refractivity contribution >= 4 is 0 Å². The fourth-order valence-electron chi connectivity index (χ4n) is 1.55. The molecule has 1 aromatic carbocycles.